The molecule has 2 aromatic heterocycles. The normalized spacial score (nSPS) is 13.4. The summed E-state index contributed by atoms with van der Waals surface area (Å²) in [5.74, 6) is 0.698. The summed E-state index contributed by atoms with van der Waals surface area (Å²) in [6, 6.07) is 7.53. The molecule has 4 rings (SSSR count). The molecule has 0 aliphatic carbocycles. The van der Waals surface area contributed by atoms with E-state index in [9.17, 15) is 9.59 Å². The molecule has 0 spiro atoms. The van der Waals surface area contributed by atoms with Crippen molar-refractivity contribution >= 4 is 51.3 Å². The van der Waals surface area contributed by atoms with Crippen molar-refractivity contribution in [1.29, 1.82) is 0 Å². The number of hydrogen-bond acceptors (Lipinski definition) is 5. The van der Waals surface area contributed by atoms with Crippen LogP contribution < -0.4 is 10.6 Å². The molecule has 1 aromatic carbocycles. The van der Waals surface area contributed by atoms with Gasteiger partial charge in [0.2, 0.25) is 0 Å². The quantitative estimate of drug-likeness (QED) is 0.684. The monoisotopic (exact) mass is 419 g/mol. The smallest absolute Gasteiger partial charge is 0.275 e. The van der Waals surface area contributed by atoms with Crippen molar-refractivity contribution in [2.45, 2.75) is 13.0 Å². The maximum Gasteiger partial charge on any atom is 0.275 e. The second-order valence-corrected chi connectivity index (χ2v) is 7.84. The van der Waals surface area contributed by atoms with Gasteiger partial charge in [-0.1, -0.05) is 0 Å². The molecule has 0 fully saturated rings. The summed E-state index contributed by atoms with van der Waals surface area (Å²) in [4.78, 5) is 31.5. The molecule has 2 amide bonds. The lowest BCUT2D eigenvalue weighted by Crippen LogP contribution is -2.20. The number of nitrogens with one attached hydrogen (secondary N) is 2. The van der Waals surface area contributed by atoms with Gasteiger partial charge in [-0.2, -0.15) is 0 Å². The second kappa shape index (κ2) is 8.30. The van der Waals surface area contributed by atoms with E-state index in [1.807, 2.05) is 35.0 Å². The van der Waals surface area contributed by atoms with E-state index in [1.54, 1.807) is 19.0 Å². The van der Waals surface area contributed by atoms with Crippen molar-refractivity contribution < 1.29 is 9.59 Å². The first-order valence-electron chi connectivity index (χ1n) is 8.84. The number of hydrogen-bond donors (Lipinski definition) is 2. The van der Waals surface area contributed by atoms with Crippen LogP contribution in [0.4, 0.5) is 5.69 Å². The molecule has 3 heterocycles. The fourth-order valence-corrected chi connectivity index (χ4v) is 4.19. The lowest BCUT2D eigenvalue weighted by molar-refractivity contribution is 0.0832. The van der Waals surface area contributed by atoms with Crippen molar-refractivity contribution in [2.75, 3.05) is 32.5 Å². The molecule has 1 aliphatic heterocycles. The third-order valence-corrected chi connectivity index (χ3v) is 5.64. The van der Waals surface area contributed by atoms with Gasteiger partial charge in [0, 0.05) is 56.7 Å². The van der Waals surface area contributed by atoms with Crippen molar-refractivity contribution in [1.82, 2.24) is 19.8 Å². The van der Waals surface area contributed by atoms with E-state index in [0.29, 0.717) is 16.3 Å². The van der Waals surface area contributed by atoms with Gasteiger partial charge in [0.15, 0.2) is 0 Å². The van der Waals surface area contributed by atoms with Crippen LogP contribution in [0, 0.1) is 0 Å². The van der Waals surface area contributed by atoms with Gasteiger partial charge < -0.3 is 20.1 Å². The highest BCUT2D eigenvalue weighted by atomic mass is 35.5. The molecule has 9 heteroatoms. The summed E-state index contributed by atoms with van der Waals surface area (Å²) < 4.78 is 3.05. The Morgan fingerprint density at radius 2 is 2.07 bits per heavy atom. The largest absolute Gasteiger partial charge is 0.344 e. The average molecular weight is 420 g/mol. The Morgan fingerprint density at radius 1 is 1.25 bits per heavy atom. The molecule has 0 saturated heterocycles. The molecule has 1 aliphatic rings. The molecule has 0 unspecified atom stereocenters. The number of nitrogens with zero attached hydrogens (tertiary/aromatic N) is 3. The molecule has 3 aromatic rings. The minimum absolute atomic E-state index is 0. The van der Waals surface area contributed by atoms with E-state index in [2.05, 4.69) is 15.6 Å². The molecular formula is C19H22ClN5O2S. The van der Waals surface area contributed by atoms with Gasteiger partial charge in [-0.25, -0.2) is 4.98 Å². The summed E-state index contributed by atoms with van der Waals surface area (Å²) >= 11 is 1.45. The Balaban J connectivity index is 0.00000225. The fraction of sp³-hybridized carbons (Fsp3) is 0.316. The number of rotatable bonds is 3. The summed E-state index contributed by atoms with van der Waals surface area (Å²) in [6.07, 6.45) is 2.63. The summed E-state index contributed by atoms with van der Waals surface area (Å²) in [5, 5.41) is 7.17. The third-order valence-electron chi connectivity index (χ3n) is 4.54. The topological polar surface area (TPSA) is 79.3 Å². The molecule has 0 bridgehead atoms. The van der Waals surface area contributed by atoms with Crippen molar-refractivity contribution in [3.05, 3.63) is 46.9 Å². The van der Waals surface area contributed by atoms with Crippen molar-refractivity contribution in [3.63, 3.8) is 0 Å². The number of imidazole rings is 1. The van der Waals surface area contributed by atoms with Gasteiger partial charge in [0.25, 0.3) is 11.8 Å². The van der Waals surface area contributed by atoms with Crippen LogP contribution in [-0.2, 0) is 13.0 Å². The average Bonchev–Trinajstić information content (AvgIpc) is 3.19. The molecule has 28 heavy (non-hydrogen) atoms. The summed E-state index contributed by atoms with van der Waals surface area (Å²) in [7, 11) is 3.47. The van der Waals surface area contributed by atoms with E-state index >= 15 is 0 Å². The highest BCUT2D eigenvalue weighted by Gasteiger charge is 2.17. The highest BCUT2D eigenvalue weighted by molar-refractivity contribution is 7.20. The zero-order valence-corrected chi connectivity index (χ0v) is 17.3. The number of amides is 2. The van der Waals surface area contributed by atoms with Crippen LogP contribution in [-0.4, -0.2) is 53.5 Å². The number of halogens is 1. The summed E-state index contributed by atoms with van der Waals surface area (Å²) in [6.45, 7) is 2.58. The Hall–Kier alpha value is -2.42. The van der Waals surface area contributed by atoms with Crippen molar-refractivity contribution in [2.24, 2.45) is 0 Å². The minimum Gasteiger partial charge on any atom is -0.344 e. The molecular weight excluding hydrogens is 398 g/mol. The van der Waals surface area contributed by atoms with E-state index in [0.717, 1.165) is 42.0 Å². The van der Waals surface area contributed by atoms with Gasteiger partial charge in [0.05, 0.1) is 4.88 Å². The number of carbonyl (C=O) groups is 2. The third kappa shape index (κ3) is 4.04. The molecule has 2 N–H and O–H groups in total. The Bertz CT molecular complexity index is 1000. The first kappa shape index (κ1) is 20.3. The van der Waals surface area contributed by atoms with Gasteiger partial charge in [-0.3, -0.25) is 9.59 Å². The number of anilines is 1. The Labute approximate surface area is 173 Å². The maximum atomic E-state index is 12.6. The van der Waals surface area contributed by atoms with Gasteiger partial charge in [-0.05, 0) is 29.7 Å². The SMILES string of the molecule is CN(C)C(=O)c1cc2cc(NC(=O)c3cn4c(n3)CCNCC4)ccc2s1.Cl. The Kier molecular flexibility index (Phi) is 6.02. The van der Waals surface area contributed by atoms with Crippen LogP contribution >= 0.6 is 23.7 Å². The predicted molar refractivity (Wildman–Crippen MR) is 114 cm³/mol. The second-order valence-electron chi connectivity index (χ2n) is 6.75. The molecule has 0 radical (unpaired) electrons. The van der Waals surface area contributed by atoms with Gasteiger partial charge in [-0.15, -0.1) is 23.7 Å². The molecule has 148 valence electrons. The number of aromatic nitrogens is 2. The van der Waals surface area contributed by atoms with E-state index in [-0.39, 0.29) is 24.2 Å². The van der Waals surface area contributed by atoms with E-state index < -0.39 is 0 Å². The number of fused-ring (bicyclic) bond motifs is 2. The van der Waals surface area contributed by atoms with Crippen LogP contribution in [0.1, 0.15) is 26.0 Å². The lowest BCUT2D eigenvalue weighted by Gasteiger charge is -2.06. The first-order chi connectivity index (χ1) is 13.0. The molecule has 7 nitrogen and oxygen atoms in total. The predicted octanol–water partition coefficient (Wildman–Crippen LogP) is 2.62. The van der Waals surface area contributed by atoms with Gasteiger partial charge >= 0.3 is 0 Å². The summed E-state index contributed by atoms with van der Waals surface area (Å²) in [5.41, 5.74) is 1.12. The standard InChI is InChI=1S/C19H21N5O2S.ClH/c1-23(2)19(26)16-10-12-9-13(3-4-15(12)27-16)21-18(25)14-11-24-8-7-20-6-5-17(24)22-14;/h3-4,9-11,20H,5-8H2,1-2H3,(H,21,25);1H. The zero-order valence-electron chi connectivity index (χ0n) is 15.7. The van der Waals surface area contributed by atoms with Crippen LogP contribution in [0.25, 0.3) is 10.1 Å². The lowest BCUT2D eigenvalue weighted by atomic mass is 10.2. The zero-order chi connectivity index (χ0) is 19.0. The van der Waals surface area contributed by atoms with Crippen LogP contribution in [0.15, 0.2) is 30.5 Å². The van der Waals surface area contributed by atoms with E-state index in [1.165, 1.54) is 11.3 Å². The minimum atomic E-state index is -0.220. The van der Waals surface area contributed by atoms with Gasteiger partial charge in [0.1, 0.15) is 11.5 Å². The van der Waals surface area contributed by atoms with Crippen LogP contribution in [0.2, 0.25) is 0 Å². The Morgan fingerprint density at radius 3 is 2.86 bits per heavy atom. The number of benzene rings is 1. The number of thiophene rings is 1. The van der Waals surface area contributed by atoms with Crippen molar-refractivity contribution in [3.8, 4) is 0 Å². The molecule has 0 saturated carbocycles. The number of carbonyl (C=O) groups excluding carboxylic acids is 2. The maximum absolute atomic E-state index is 12.6. The fourth-order valence-electron chi connectivity index (χ4n) is 3.12. The molecule has 0 atom stereocenters. The highest BCUT2D eigenvalue weighted by Crippen LogP contribution is 2.29. The first-order valence-corrected chi connectivity index (χ1v) is 9.66. The van der Waals surface area contributed by atoms with Crippen LogP contribution in [0.5, 0.6) is 0 Å². The van der Waals surface area contributed by atoms with Crippen LogP contribution in [0.3, 0.4) is 0 Å². The van der Waals surface area contributed by atoms with E-state index in [4.69, 9.17) is 0 Å².